The van der Waals surface area contributed by atoms with E-state index >= 15 is 4.39 Å². The Hall–Kier alpha value is -1.86. The second kappa shape index (κ2) is 7.07. The molecule has 0 aromatic rings. The number of hydrogen-bond acceptors (Lipinski definition) is 6. The van der Waals surface area contributed by atoms with Crippen LogP contribution < -0.4 is 0 Å². The lowest BCUT2D eigenvalue weighted by molar-refractivity contribution is -0.205. The topological polar surface area (TPSA) is 101 Å². The molecule has 0 radical (unpaired) electrons. The third-order valence-electron chi connectivity index (χ3n) is 8.88. The number of alkyl halides is 1. The monoisotopic (exact) mass is 434 g/mol. The highest BCUT2D eigenvalue weighted by atomic mass is 19.1. The van der Waals surface area contributed by atoms with Crippen molar-refractivity contribution in [3.8, 4) is 0 Å². The number of allylic oxidation sites excluding steroid dienone is 4. The Balaban J connectivity index is 1.84. The lowest BCUT2D eigenvalue weighted by atomic mass is 9.46. The number of aliphatic hydroxyl groups is 2. The molecule has 4 aliphatic carbocycles. The van der Waals surface area contributed by atoms with E-state index in [-0.39, 0.29) is 42.3 Å². The van der Waals surface area contributed by atoms with Crippen molar-refractivity contribution in [1.82, 2.24) is 0 Å². The van der Waals surface area contributed by atoms with Crippen molar-refractivity contribution < 1.29 is 33.7 Å². The molecule has 0 unspecified atom stereocenters. The lowest BCUT2D eigenvalue weighted by Crippen LogP contribution is -2.64. The predicted molar refractivity (Wildman–Crippen MR) is 109 cm³/mol. The average Bonchev–Trinajstić information content (AvgIpc) is 2.90. The highest BCUT2D eigenvalue weighted by molar-refractivity contribution is 6.01. The molecule has 2 N–H and O–H groups in total. The number of ether oxygens (including phenoxy) is 1. The first-order valence-corrected chi connectivity index (χ1v) is 11.0. The summed E-state index contributed by atoms with van der Waals surface area (Å²) in [7, 11) is 0. The van der Waals surface area contributed by atoms with Crippen LogP contribution in [0.15, 0.2) is 23.8 Å². The first-order chi connectivity index (χ1) is 14.4. The van der Waals surface area contributed by atoms with Gasteiger partial charge in [0.25, 0.3) is 0 Å². The van der Waals surface area contributed by atoms with Gasteiger partial charge >= 0.3 is 5.97 Å². The summed E-state index contributed by atoms with van der Waals surface area (Å²) in [6.45, 7) is 5.98. The second-order valence-electron chi connectivity index (χ2n) is 10.4. The molecule has 31 heavy (non-hydrogen) atoms. The largest absolute Gasteiger partial charge is 0.450 e. The average molecular weight is 435 g/mol. The summed E-state index contributed by atoms with van der Waals surface area (Å²) in [4.78, 5) is 37.0. The third kappa shape index (κ3) is 2.78. The molecule has 0 aromatic carbocycles. The van der Waals surface area contributed by atoms with Crippen LogP contribution in [0.3, 0.4) is 0 Å². The molecular formula is C24H31FO6. The Morgan fingerprint density at radius 3 is 2.58 bits per heavy atom. The molecule has 3 saturated carbocycles. The second-order valence-corrected chi connectivity index (χ2v) is 10.4. The fourth-order valence-electron chi connectivity index (χ4n) is 7.87. The van der Waals surface area contributed by atoms with Crippen molar-refractivity contribution in [2.45, 2.75) is 64.8 Å². The molecule has 0 saturated heterocycles. The number of esters is 1. The normalized spacial score (nSPS) is 48.4. The highest BCUT2D eigenvalue weighted by Crippen LogP contribution is 2.69. The van der Waals surface area contributed by atoms with Crippen LogP contribution in [0.4, 0.5) is 4.39 Å². The van der Waals surface area contributed by atoms with Crippen molar-refractivity contribution in [2.24, 2.45) is 34.5 Å². The van der Waals surface area contributed by atoms with E-state index in [2.05, 4.69) is 0 Å². The van der Waals surface area contributed by atoms with E-state index in [1.165, 1.54) is 19.1 Å². The SMILES string of the molecule is CC(=O)O[C@@]1(C(=O)CO)[C@@H](C)C[C@H]2[C@@H]3C[C@H](F)C4=CC(=O)C=C[C@]4(C)[C@@H]3[C@@H](O)C[C@@]21C. The Morgan fingerprint density at radius 1 is 1.29 bits per heavy atom. The smallest absolute Gasteiger partial charge is 0.303 e. The molecule has 6 nitrogen and oxygen atoms in total. The first-order valence-electron chi connectivity index (χ1n) is 11.0. The van der Waals surface area contributed by atoms with Crippen LogP contribution in [0.2, 0.25) is 0 Å². The Morgan fingerprint density at radius 2 is 1.97 bits per heavy atom. The summed E-state index contributed by atoms with van der Waals surface area (Å²) >= 11 is 0. The van der Waals surface area contributed by atoms with Crippen LogP contribution in [0.5, 0.6) is 0 Å². The van der Waals surface area contributed by atoms with E-state index in [4.69, 9.17) is 4.74 Å². The standard InChI is InChI=1S/C24H31FO6/c1-12-7-16-15-9-18(25)17-8-14(28)5-6-22(17,3)21(15)19(29)10-23(16,4)24(12,20(30)11-26)31-13(2)27/h5-6,8,12,15-16,18-19,21,26,29H,7,9-11H2,1-4H3/t12-,15-,16-,18-,19-,21-,22-,23-,24+/m0/s1. The zero-order chi connectivity index (χ0) is 22.9. The van der Waals surface area contributed by atoms with E-state index in [1.807, 2.05) is 20.8 Å². The van der Waals surface area contributed by atoms with Crippen LogP contribution in [0, 0.1) is 34.5 Å². The Bertz CT molecular complexity index is 895. The van der Waals surface area contributed by atoms with E-state index in [0.717, 1.165) is 0 Å². The summed E-state index contributed by atoms with van der Waals surface area (Å²) in [5.74, 6) is -2.61. The first kappa shape index (κ1) is 22.3. The van der Waals surface area contributed by atoms with Crippen LogP contribution in [-0.4, -0.2) is 52.2 Å². The number of aliphatic hydroxyl groups excluding tert-OH is 2. The van der Waals surface area contributed by atoms with Gasteiger partial charge in [0.1, 0.15) is 12.8 Å². The molecule has 170 valence electrons. The summed E-state index contributed by atoms with van der Waals surface area (Å²) in [6.07, 6.45) is 3.14. The molecule has 4 aliphatic rings. The Kier molecular flexibility index (Phi) is 5.10. The minimum absolute atomic E-state index is 0.140. The summed E-state index contributed by atoms with van der Waals surface area (Å²) in [5, 5.41) is 21.1. The Labute approximate surface area is 181 Å². The zero-order valence-electron chi connectivity index (χ0n) is 18.4. The summed E-state index contributed by atoms with van der Waals surface area (Å²) in [5.41, 5.74) is -2.89. The minimum atomic E-state index is -1.56. The van der Waals surface area contributed by atoms with E-state index in [1.54, 1.807) is 6.08 Å². The van der Waals surface area contributed by atoms with Gasteiger partial charge in [0, 0.05) is 29.6 Å². The van der Waals surface area contributed by atoms with Crippen molar-refractivity contribution in [1.29, 1.82) is 0 Å². The molecule has 3 fully saturated rings. The number of carbonyl (C=O) groups excluding carboxylic acids is 3. The van der Waals surface area contributed by atoms with Crippen molar-refractivity contribution in [2.75, 3.05) is 6.61 Å². The lowest BCUT2D eigenvalue weighted by Gasteiger charge is -2.60. The van der Waals surface area contributed by atoms with Gasteiger partial charge in [0.05, 0.1) is 6.10 Å². The minimum Gasteiger partial charge on any atom is -0.450 e. The van der Waals surface area contributed by atoms with Gasteiger partial charge in [-0.1, -0.05) is 26.8 Å². The molecule has 0 spiro atoms. The van der Waals surface area contributed by atoms with Gasteiger partial charge in [-0.25, -0.2) is 4.39 Å². The maximum absolute atomic E-state index is 15.4. The fraction of sp³-hybridized carbons (Fsp3) is 0.708. The predicted octanol–water partition coefficient (Wildman–Crippen LogP) is 2.32. The van der Waals surface area contributed by atoms with Crippen molar-refractivity contribution >= 4 is 17.5 Å². The molecular weight excluding hydrogens is 403 g/mol. The number of fused-ring (bicyclic) bond motifs is 5. The van der Waals surface area contributed by atoms with Crippen LogP contribution in [0.25, 0.3) is 0 Å². The highest BCUT2D eigenvalue weighted by Gasteiger charge is 2.73. The van der Waals surface area contributed by atoms with E-state index in [9.17, 15) is 24.6 Å². The van der Waals surface area contributed by atoms with Gasteiger partial charge in [-0.2, -0.15) is 0 Å². The number of halogens is 1. The maximum Gasteiger partial charge on any atom is 0.303 e. The summed E-state index contributed by atoms with van der Waals surface area (Å²) < 4.78 is 21.1. The molecule has 0 amide bonds. The number of hydrogen-bond donors (Lipinski definition) is 2. The van der Waals surface area contributed by atoms with Crippen molar-refractivity contribution in [3.63, 3.8) is 0 Å². The van der Waals surface area contributed by atoms with Gasteiger partial charge in [-0.3, -0.25) is 14.4 Å². The number of rotatable bonds is 3. The molecule has 0 bridgehead atoms. The molecule has 0 aliphatic heterocycles. The van der Waals surface area contributed by atoms with E-state index in [0.29, 0.717) is 12.0 Å². The number of Topliss-reactive ketones (excluding diaryl/α,β-unsaturated/α-hetero) is 1. The molecule has 0 heterocycles. The van der Waals surface area contributed by atoms with Gasteiger partial charge < -0.3 is 14.9 Å². The number of ketones is 2. The van der Waals surface area contributed by atoms with Gasteiger partial charge in [0.2, 0.25) is 5.78 Å². The van der Waals surface area contributed by atoms with Crippen LogP contribution >= 0.6 is 0 Å². The summed E-state index contributed by atoms with van der Waals surface area (Å²) in [6, 6.07) is 0. The zero-order valence-corrected chi connectivity index (χ0v) is 18.4. The quantitative estimate of drug-likeness (QED) is 0.661. The molecule has 4 rings (SSSR count). The van der Waals surface area contributed by atoms with Gasteiger partial charge in [-0.15, -0.1) is 0 Å². The van der Waals surface area contributed by atoms with Crippen molar-refractivity contribution in [3.05, 3.63) is 23.8 Å². The molecule has 9 atom stereocenters. The maximum atomic E-state index is 15.4. The van der Waals surface area contributed by atoms with Gasteiger partial charge in [-0.05, 0) is 48.8 Å². The van der Waals surface area contributed by atoms with E-state index < -0.39 is 47.1 Å². The van der Waals surface area contributed by atoms with Crippen LogP contribution in [-0.2, 0) is 19.1 Å². The third-order valence-corrected chi connectivity index (χ3v) is 8.88. The fourth-order valence-corrected chi connectivity index (χ4v) is 7.87. The molecule has 0 aromatic heterocycles. The molecule has 7 heteroatoms. The van der Waals surface area contributed by atoms with Gasteiger partial charge in [0.15, 0.2) is 11.4 Å². The number of carbonyl (C=O) groups is 3. The van der Waals surface area contributed by atoms with Crippen LogP contribution in [0.1, 0.15) is 47.0 Å².